The molecule has 1 aromatic carbocycles. The maximum Gasteiger partial charge on any atom is 0.256 e. The molecule has 6 heteroatoms. The Morgan fingerprint density at radius 1 is 1.30 bits per heavy atom. The molecule has 20 heavy (non-hydrogen) atoms. The molecule has 1 fully saturated rings. The molecule has 0 aliphatic carbocycles. The normalized spacial score (nSPS) is 18.2. The Labute approximate surface area is 128 Å². The number of nitrogens with zero attached hydrogens (tertiary/aromatic N) is 2. The Bertz CT molecular complexity index is 546. The summed E-state index contributed by atoms with van der Waals surface area (Å²) in [4.78, 5) is 27.8. The fourth-order valence-electron chi connectivity index (χ4n) is 2.38. The van der Waals surface area contributed by atoms with Crippen molar-refractivity contribution in [1.82, 2.24) is 9.80 Å². The molecule has 1 atom stereocenters. The molecule has 4 nitrogen and oxygen atoms in total. The monoisotopic (exact) mass is 314 g/mol. The van der Waals surface area contributed by atoms with E-state index in [2.05, 4.69) is 0 Å². The zero-order valence-corrected chi connectivity index (χ0v) is 12.9. The fourth-order valence-corrected chi connectivity index (χ4v) is 2.75. The Morgan fingerprint density at radius 2 is 2.00 bits per heavy atom. The van der Waals surface area contributed by atoms with Gasteiger partial charge in [0.05, 0.1) is 10.6 Å². The predicted octanol–water partition coefficient (Wildman–Crippen LogP) is 2.69. The van der Waals surface area contributed by atoms with Crippen molar-refractivity contribution in [3.8, 4) is 0 Å². The topological polar surface area (TPSA) is 40.6 Å². The molecule has 0 bridgehead atoms. The fraction of sp³-hybridized carbons (Fsp3) is 0.429. The molecule has 0 spiro atoms. The lowest BCUT2D eigenvalue weighted by molar-refractivity contribution is -0.132. The minimum absolute atomic E-state index is 0.0611. The van der Waals surface area contributed by atoms with Gasteiger partial charge in [0.25, 0.3) is 5.91 Å². The van der Waals surface area contributed by atoms with E-state index in [0.717, 1.165) is 6.42 Å². The third kappa shape index (κ3) is 2.91. The lowest BCUT2D eigenvalue weighted by Crippen LogP contribution is -2.45. The summed E-state index contributed by atoms with van der Waals surface area (Å²) in [5.74, 6) is -0.302. The van der Waals surface area contributed by atoms with Gasteiger partial charge < -0.3 is 9.80 Å². The van der Waals surface area contributed by atoms with Crippen LogP contribution < -0.4 is 0 Å². The first kappa shape index (κ1) is 15.1. The molecule has 0 radical (unpaired) electrons. The highest BCUT2D eigenvalue weighted by Gasteiger charge is 2.35. The third-order valence-corrected chi connectivity index (χ3v) is 3.96. The quantitative estimate of drug-likeness (QED) is 0.842. The molecule has 1 unspecified atom stereocenters. The molecule has 1 aliphatic heterocycles. The summed E-state index contributed by atoms with van der Waals surface area (Å²) >= 11 is 12.0. The second-order valence-corrected chi connectivity index (χ2v) is 5.86. The first-order chi connectivity index (χ1) is 9.41. The predicted molar refractivity (Wildman–Crippen MR) is 79.2 cm³/mol. The zero-order chi connectivity index (χ0) is 14.9. The van der Waals surface area contributed by atoms with Crippen LogP contribution in [0.5, 0.6) is 0 Å². The Hall–Kier alpha value is -1.26. The summed E-state index contributed by atoms with van der Waals surface area (Å²) in [6.07, 6.45) is 1.50. The maximum atomic E-state index is 12.6. The van der Waals surface area contributed by atoms with Crippen LogP contribution in [0.1, 0.15) is 23.2 Å². The van der Waals surface area contributed by atoms with Gasteiger partial charge in [-0.2, -0.15) is 0 Å². The number of carbonyl (C=O) groups excluding carboxylic acids is 2. The molecule has 1 aromatic rings. The second-order valence-electron chi connectivity index (χ2n) is 5.01. The van der Waals surface area contributed by atoms with Crippen molar-refractivity contribution in [1.29, 1.82) is 0 Å². The minimum atomic E-state index is -0.410. The summed E-state index contributed by atoms with van der Waals surface area (Å²) < 4.78 is 0. The minimum Gasteiger partial charge on any atom is -0.347 e. The first-order valence-corrected chi connectivity index (χ1v) is 7.14. The average molecular weight is 315 g/mol. The van der Waals surface area contributed by atoms with Crippen LogP contribution in [0.25, 0.3) is 0 Å². The summed E-state index contributed by atoms with van der Waals surface area (Å²) in [6.45, 7) is 0.561. The van der Waals surface area contributed by atoms with Gasteiger partial charge in [-0.25, -0.2) is 0 Å². The molecular weight excluding hydrogens is 299 g/mol. The molecule has 0 saturated carbocycles. The van der Waals surface area contributed by atoms with Gasteiger partial charge in [0.1, 0.15) is 6.04 Å². The Kier molecular flexibility index (Phi) is 4.55. The van der Waals surface area contributed by atoms with Crippen molar-refractivity contribution in [2.45, 2.75) is 18.9 Å². The van der Waals surface area contributed by atoms with Crippen LogP contribution in [0.4, 0.5) is 0 Å². The van der Waals surface area contributed by atoms with Crippen molar-refractivity contribution in [3.63, 3.8) is 0 Å². The van der Waals surface area contributed by atoms with E-state index >= 15 is 0 Å². The smallest absolute Gasteiger partial charge is 0.256 e. The van der Waals surface area contributed by atoms with E-state index in [1.807, 2.05) is 0 Å². The van der Waals surface area contributed by atoms with Crippen molar-refractivity contribution < 1.29 is 9.59 Å². The van der Waals surface area contributed by atoms with E-state index in [0.29, 0.717) is 28.6 Å². The molecule has 0 aromatic heterocycles. The van der Waals surface area contributed by atoms with Gasteiger partial charge in [0.15, 0.2) is 0 Å². The number of rotatable bonds is 2. The summed E-state index contributed by atoms with van der Waals surface area (Å²) in [5, 5.41) is 0.801. The van der Waals surface area contributed by atoms with Gasteiger partial charge in [-0.05, 0) is 31.0 Å². The molecule has 1 heterocycles. The van der Waals surface area contributed by atoms with Crippen LogP contribution in [0, 0.1) is 0 Å². The van der Waals surface area contributed by atoms with Crippen LogP contribution in [-0.2, 0) is 4.79 Å². The number of hydrogen-bond donors (Lipinski definition) is 0. The van der Waals surface area contributed by atoms with E-state index in [1.54, 1.807) is 37.2 Å². The van der Waals surface area contributed by atoms with E-state index in [4.69, 9.17) is 23.2 Å². The lowest BCUT2D eigenvalue weighted by atomic mass is 10.1. The summed E-state index contributed by atoms with van der Waals surface area (Å²) in [6, 6.07) is 4.36. The zero-order valence-electron chi connectivity index (χ0n) is 11.4. The van der Waals surface area contributed by atoms with Crippen molar-refractivity contribution >= 4 is 35.0 Å². The summed E-state index contributed by atoms with van der Waals surface area (Å²) in [5.41, 5.74) is 0.345. The summed E-state index contributed by atoms with van der Waals surface area (Å²) in [7, 11) is 3.38. The standard InChI is InChI=1S/C14H16Cl2N2O2/c1-17(2)14(20)12-4-3-7-18(12)13(19)10-8-9(15)5-6-11(10)16/h5-6,8,12H,3-4,7H2,1-2H3. The van der Waals surface area contributed by atoms with Gasteiger partial charge in [0.2, 0.25) is 5.91 Å². The van der Waals surface area contributed by atoms with Crippen LogP contribution in [0.15, 0.2) is 18.2 Å². The number of likely N-dealkylation sites (tertiary alicyclic amines) is 1. The molecule has 0 N–H and O–H groups in total. The third-order valence-electron chi connectivity index (χ3n) is 3.40. The number of likely N-dealkylation sites (N-methyl/N-ethyl adjacent to an activating group) is 1. The highest BCUT2D eigenvalue weighted by Crippen LogP contribution is 2.26. The van der Waals surface area contributed by atoms with Crippen molar-refractivity contribution in [3.05, 3.63) is 33.8 Å². The highest BCUT2D eigenvalue weighted by atomic mass is 35.5. The van der Waals surface area contributed by atoms with Gasteiger partial charge in [-0.1, -0.05) is 23.2 Å². The Balaban J connectivity index is 2.28. The van der Waals surface area contributed by atoms with E-state index in [9.17, 15) is 9.59 Å². The number of carbonyl (C=O) groups is 2. The highest BCUT2D eigenvalue weighted by molar-refractivity contribution is 6.35. The van der Waals surface area contributed by atoms with E-state index in [1.165, 1.54) is 4.90 Å². The molecule has 2 rings (SSSR count). The lowest BCUT2D eigenvalue weighted by Gasteiger charge is -2.26. The average Bonchev–Trinajstić information content (AvgIpc) is 2.88. The molecular formula is C14H16Cl2N2O2. The van der Waals surface area contributed by atoms with Crippen LogP contribution in [0.2, 0.25) is 10.0 Å². The van der Waals surface area contributed by atoms with Gasteiger partial charge in [-0.3, -0.25) is 9.59 Å². The maximum absolute atomic E-state index is 12.6. The largest absolute Gasteiger partial charge is 0.347 e. The number of amides is 2. The molecule has 1 saturated heterocycles. The SMILES string of the molecule is CN(C)C(=O)C1CCCN1C(=O)c1cc(Cl)ccc1Cl. The van der Waals surface area contributed by atoms with Crippen molar-refractivity contribution in [2.24, 2.45) is 0 Å². The van der Waals surface area contributed by atoms with E-state index < -0.39 is 6.04 Å². The number of benzene rings is 1. The second kappa shape index (κ2) is 6.02. The van der Waals surface area contributed by atoms with E-state index in [-0.39, 0.29) is 11.8 Å². The van der Waals surface area contributed by atoms with Crippen LogP contribution in [0.3, 0.4) is 0 Å². The van der Waals surface area contributed by atoms with Crippen LogP contribution >= 0.6 is 23.2 Å². The Morgan fingerprint density at radius 3 is 2.65 bits per heavy atom. The van der Waals surface area contributed by atoms with Gasteiger partial charge >= 0.3 is 0 Å². The molecule has 108 valence electrons. The van der Waals surface area contributed by atoms with Crippen LogP contribution in [-0.4, -0.2) is 48.3 Å². The first-order valence-electron chi connectivity index (χ1n) is 6.39. The molecule has 1 aliphatic rings. The van der Waals surface area contributed by atoms with Gasteiger partial charge in [0, 0.05) is 25.7 Å². The van der Waals surface area contributed by atoms with Gasteiger partial charge in [-0.15, -0.1) is 0 Å². The number of hydrogen-bond acceptors (Lipinski definition) is 2. The number of halogens is 2. The molecule has 2 amide bonds. The van der Waals surface area contributed by atoms with Crippen molar-refractivity contribution in [2.75, 3.05) is 20.6 Å².